The Morgan fingerprint density at radius 3 is 2.20 bits per heavy atom. The minimum Gasteiger partial charge on any atom is -0.477 e. The van der Waals surface area contributed by atoms with Gasteiger partial charge >= 0.3 is 11.9 Å². The van der Waals surface area contributed by atoms with Gasteiger partial charge in [0, 0.05) is 0 Å². The van der Waals surface area contributed by atoms with E-state index in [1.807, 2.05) is 0 Å². The van der Waals surface area contributed by atoms with E-state index in [1.54, 1.807) is 0 Å². The van der Waals surface area contributed by atoms with Crippen LogP contribution in [-0.2, 0) is 4.79 Å². The van der Waals surface area contributed by atoms with Crippen molar-refractivity contribution in [1.29, 1.82) is 0 Å². The number of carboxylic acids is 1. The van der Waals surface area contributed by atoms with Crippen LogP contribution in [0.1, 0.15) is 11.6 Å². The molecule has 0 fully saturated rings. The molecule has 0 amide bonds. The Bertz CT molecular complexity index is 364. The van der Waals surface area contributed by atoms with E-state index in [0.29, 0.717) is 0 Å². The first-order chi connectivity index (χ1) is 6.85. The van der Waals surface area contributed by atoms with Gasteiger partial charge in [-0.1, -0.05) is 12.1 Å². The SMILES string of the molecule is NC(c1ccc(F)cc1)C(F)(F)C(=O)O. The van der Waals surface area contributed by atoms with Crippen LogP contribution in [0.2, 0.25) is 0 Å². The molecule has 3 nitrogen and oxygen atoms in total. The summed E-state index contributed by atoms with van der Waals surface area (Å²) in [6.07, 6.45) is 0. The number of carboxylic acid groups (broad SMARTS) is 1. The van der Waals surface area contributed by atoms with Gasteiger partial charge in [0.15, 0.2) is 0 Å². The highest BCUT2D eigenvalue weighted by molar-refractivity contribution is 5.76. The van der Waals surface area contributed by atoms with Gasteiger partial charge in [-0.25, -0.2) is 9.18 Å². The van der Waals surface area contributed by atoms with Crippen LogP contribution in [0.25, 0.3) is 0 Å². The molecule has 0 aliphatic rings. The average molecular weight is 219 g/mol. The zero-order valence-corrected chi connectivity index (χ0v) is 7.45. The first-order valence-electron chi connectivity index (χ1n) is 3.98. The van der Waals surface area contributed by atoms with Gasteiger partial charge in [0.2, 0.25) is 0 Å². The molecule has 0 bridgehead atoms. The number of hydrogen-bond acceptors (Lipinski definition) is 2. The van der Waals surface area contributed by atoms with Crippen molar-refractivity contribution >= 4 is 5.97 Å². The summed E-state index contributed by atoms with van der Waals surface area (Å²) >= 11 is 0. The highest BCUT2D eigenvalue weighted by Gasteiger charge is 2.46. The monoisotopic (exact) mass is 219 g/mol. The molecule has 1 aromatic carbocycles. The molecule has 0 radical (unpaired) electrons. The topological polar surface area (TPSA) is 63.3 Å². The molecule has 1 atom stereocenters. The van der Waals surface area contributed by atoms with Crippen LogP contribution in [0.4, 0.5) is 13.2 Å². The van der Waals surface area contributed by atoms with Crippen LogP contribution in [0.15, 0.2) is 24.3 Å². The fourth-order valence-electron chi connectivity index (χ4n) is 1.01. The van der Waals surface area contributed by atoms with Gasteiger partial charge in [-0.2, -0.15) is 8.78 Å². The highest BCUT2D eigenvalue weighted by atomic mass is 19.3. The van der Waals surface area contributed by atoms with Crippen molar-refractivity contribution in [3.63, 3.8) is 0 Å². The average Bonchev–Trinajstić information content (AvgIpc) is 2.17. The van der Waals surface area contributed by atoms with Crippen LogP contribution in [0.3, 0.4) is 0 Å². The van der Waals surface area contributed by atoms with Crippen LogP contribution in [0, 0.1) is 5.82 Å². The Kier molecular flexibility index (Phi) is 2.99. The molecular weight excluding hydrogens is 211 g/mol. The Balaban J connectivity index is 2.99. The number of aliphatic carboxylic acids is 1. The predicted octanol–water partition coefficient (Wildman–Crippen LogP) is 1.55. The fourth-order valence-corrected chi connectivity index (χ4v) is 1.01. The summed E-state index contributed by atoms with van der Waals surface area (Å²) < 4.78 is 38.3. The molecule has 15 heavy (non-hydrogen) atoms. The highest BCUT2D eigenvalue weighted by Crippen LogP contribution is 2.29. The number of carbonyl (C=O) groups is 1. The lowest BCUT2D eigenvalue weighted by atomic mass is 10.0. The van der Waals surface area contributed by atoms with E-state index in [2.05, 4.69) is 0 Å². The van der Waals surface area contributed by atoms with Gasteiger partial charge in [-0.3, -0.25) is 0 Å². The number of nitrogens with two attached hydrogens (primary N) is 1. The summed E-state index contributed by atoms with van der Waals surface area (Å²) in [5.74, 6) is -6.98. The number of halogens is 3. The summed E-state index contributed by atoms with van der Waals surface area (Å²) in [4.78, 5) is 10.2. The summed E-state index contributed by atoms with van der Waals surface area (Å²) in [7, 11) is 0. The third-order valence-electron chi connectivity index (χ3n) is 1.90. The third kappa shape index (κ3) is 2.27. The molecule has 0 aromatic heterocycles. The predicted molar refractivity (Wildman–Crippen MR) is 45.9 cm³/mol. The zero-order valence-electron chi connectivity index (χ0n) is 7.45. The molecule has 3 N–H and O–H groups in total. The summed E-state index contributed by atoms with van der Waals surface area (Å²) in [5, 5.41) is 8.22. The lowest BCUT2D eigenvalue weighted by molar-refractivity contribution is -0.168. The van der Waals surface area contributed by atoms with E-state index in [1.165, 1.54) is 0 Å². The quantitative estimate of drug-likeness (QED) is 0.810. The second kappa shape index (κ2) is 3.90. The minimum absolute atomic E-state index is 0.135. The molecule has 0 saturated carbocycles. The molecule has 6 heteroatoms. The summed E-state index contributed by atoms with van der Waals surface area (Å²) in [5.41, 5.74) is 4.94. The Morgan fingerprint density at radius 2 is 1.80 bits per heavy atom. The standard InChI is InChI=1S/C9H8F3NO2/c10-6-3-1-5(2-4-6)7(13)9(11,12)8(14)15/h1-4,7H,13H2,(H,14,15). The van der Waals surface area contributed by atoms with Crippen molar-refractivity contribution in [2.75, 3.05) is 0 Å². The maximum atomic E-state index is 12.9. The lowest BCUT2D eigenvalue weighted by Crippen LogP contribution is -2.40. The molecule has 1 unspecified atom stereocenters. The van der Waals surface area contributed by atoms with E-state index in [-0.39, 0.29) is 5.56 Å². The molecule has 1 aromatic rings. The van der Waals surface area contributed by atoms with Crippen LogP contribution in [0.5, 0.6) is 0 Å². The second-order valence-electron chi connectivity index (χ2n) is 2.96. The van der Waals surface area contributed by atoms with Gasteiger partial charge in [0.1, 0.15) is 11.9 Å². The fraction of sp³-hybridized carbons (Fsp3) is 0.222. The molecule has 0 heterocycles. The zero-order chi connectivity index (χ0) is 11.6. The van der Waals surface area contributed by atoms with Gasteiger partial charge in [0.05, 0.1) is 0 Å². The van der Waals surface area contributed by atoms with Gasteiger partial charge in [-0.15, -0.1) is 0 Å². The number of benzene rings is 1. The first-order valence-corrected chi connectivity index (χ1v) is 3.98. The molecule has 0 aliphatic carbocycles. The normalized spacial score (nSPS) is 13.6. The Labute approximate surface area is 83.3 Å². The van der Waals surface area contributed by atoms with Gasteiger partial charge < -0.3 is 10.8 Å². The molecule has 82 valence electrons. The van der Waals surface area contributed by atoms with E-state index >= 15 is 0 Å². The maximum absolute atomic E-state index is 12.9. The Hall–Kier alpha value is -1.56. The van der Waals surface area contributed by atoms with Crippen molar-refractivity contribution in [1.82, 2.24) is 0 Å². The number of hydrogen-bond donors (Lipinski definition) is 2. The molecule has 0 aliphatic heterocycles. The van der Waals surface area contributed by atoms with E-state index in [0.717, 1.165) is 24.3 Å². The van der Waals surface area contributed by atoms with Crippen LogP contribution < -0.4 is 5.73 Å². The van der Waals surface area contributed by atoms with Crippen molar-refractivity contribution in [3.05, 3.63) is 35.6 Å². The van der Waals surface area contributed by atoms with E-state index < -0.39 is 23.8 Å². The smallest absolute Gasteiger partial charge is 0.376 e. The molecule has 0 spiro atoms. The lowest BCUT2D eigenvalue weighted by Gasteiger charge is -2.19. The van der Waals surface area contributed by atoms with Crippen LogP contribution in [-0.4, -0.2) is 17.0 Å². The summed E-state index contributed by atoms with van der Waals surface area (Å²) in [6, 6.07) is 1.93. The molecule has 1 rings (SSSR count). The first kappa shape index (κ1) is 11.5. The van der Waals surface area contributed by atoms with Crippen molar-refractivity contribution in [2.45, 2.75) is 12.0 Å². The minimum atomic E-state index is -4.07. The Morgan fingerprint density at radius 1 is 1.33 bits per heavy atom. The maximum Gasteiger partial charge on any atom is 0.376 e. The largest absolute Gasteiger partial charge is 0.477 e. The van der Waals surface area contributed by atoms with E-state index in [9.17, 15) is 18.0 Å². The second-order valence-corrected chi connectivity index (χ2v) is 2.96. The van der Waals surface area contributed by atoms with E-state index in [4.69, 9.17) is 10.8 Å². The number of alkyl halides is 2. The van der Waals surface area contributed by atoms with Crippen molar-refractivity contribution in [3.8, 4) is 0 Å². The van der Waals surface area contributed by atoms with Crippen molar-refractivity contribution in [2.24, 2.45) is 5.73 Å². The van der Waals surface area contributed by atoms with Crippen molar-refractivity contribution < 1.29 is 23.1 Å². The van der Waals surface area contributed by atoms with Crippen LogP contribution >= 0.6 is 0 Å². The van der Waals surface area contributed by atoms with Gasteiger partial charge in [0.25, 0.3) is 0 Å². The molecule has 0 saturated heterocycles. The third-order valence-corrected chi connectivity index (χ3v) is 1.90. The number of rotatable bonds is 3. The van der Waals surface area contributed by atoms with Gasteiger partial charge in [-0.05, 0) is 17.7 Å². The summed E-state index contributed by atoms with van der Waals surface area (Å²) in [6.45, 7) is 0. The molecular formula is C9H8F3NO2.